The largest absolute Gasteiger partial charge is 0.328 e. The SMILES string of the molecule is O=[N+]([O-])O.O=[N+]([O-])OC1CCCCC1. The predicted octanol–water partition coefficient (Wildman–Crippen LogP) is 1.18. The van der Waals surface area contributed by atoms with Gasteiger partial charge < -0.3 is 10.0 Å². The molecule has 0 atom stereocenters. The molecule has 0 radical (unpaired) electrons. The molecule has 82 valence electrons. The molecule has 1 aliphatic carbocycles. The second-order valence-corrected chi connectivity index (χ2v) is 2.83. The van der Waals surface area contributed by atoms with Gasteiger partial charge >= 0.3 is 0 Å². The van der Waals surface area contributed by atoms with E-state index in [1.165, 1.54) is 6.42 Å². The molecule has 1 N–H and O–H groups in total. The molecule has 0 aliphatic heterocycles. The molecule has 0 saturated heterocycles. The Bertz CT molecular complexity index is 187. The van der Waals surface area contributed by atoms with Gasteiger partial charge in [-0.1, -0.05) is 19.3 Å². The lowest BCUT2D eigenvalue weighted by Crippen LogP contribution is -2.19. The first-order valence-corrected chi connectivity index (χ1v) is 4.17. The standard InChI is InChI=1S/C6H11NO3.HNO3/c8-7(9)10-6-4-2-1-3-5-6;2-1(3)4/h6H,1-5H2;(H,2,3,4). The molecule has 0 amide bonds. The van der Waals surface area contributed by atoms with Crippen molar-refractivity contribution in [2.24, 2.45) is 0 Å². The van der Waals surface area contributed by atoms with Crippen LogP contribution < -0.4 is 0 Å². The van der Waals surface area contributed by atoms with Gasteiger partial charge in [0.25, 0.3) is 10.2 Å². The van der Waals surface area contributed by atoms with Crippen LogP contribution in [0.1, 0.15) is 32.1 Å². The fraction of sp³-hybridized carbons (Fsp3) is 1.00. The smallest absolute Gasteiger partial charge is 0.294 e. The predicted molar refractivity (Wildman–Crippen MR) is 43.7 cm³/mol. The number of rotatable bonds is 2. The van der Waals surface area contributed by atoms with E-state index in [2.05, 4.69) is 4.84 Å². The summed E-state index contributed by atoms with van der Waals surface area (Å²) in [4.78, 5) is 22.6. The Morgan fingerprint density at radius 3 is 1.93 bits per heavy atom. The van der Waals surface area contributed by atoms with Gasteiger partial charge in [-0.2, -0.15) is 0 Å². The van der Waals surface area contributed by atoms with Crippen molar-refractivity contribution < 1.29 is 20.2 Å². The first kappa shape index (κ1) is 12.4. The van der Waals surface area contributed by atoms with Gasteiger partial charge in [-0.05, 0) is 12.8 Å². The van der Waals surface area contributed by atoms with E-state index in [1.807, 2.05) is 0 Å². The summed E-state index contributed by atoms with van der Waals surface area (Å²) < 4.78 is 0. The first-order chi connectivity index (χ1) is 6.52. The van der Waals surface area contributed by atoms with Crippen molar-refractivity contribution in [3.8, 4) is 0 Å². The normalized spacial score (nSPS) is 16.3. The molecule has 8 heteroatoms. The zero-order valence-corrected chi connectivity index (χ0v) is 7.50. The number of hydrogen-bond acceptors (Lipinski definition) is 5. The third kappa shape index (κ3) is 8.50. The Labute approximate surface area is 79.7 Å². The molecule has 0 aromatic rings. The average Bonchev–Trinajstić information content (AvgIpc) is 2.03. The monoisotopic (exact) mass is 208 g/mol. The summed E-state index contributed by atoms with van der Waals surface area (Å²) in [5, 5.41) is 22.8. The van der Waals surface area contributed by atoms with E-state index in [4.69, 9.17) is 15.3 Å². The molecule has 1 rings (SSSR count). The van der Waals surface area contributed by atoms with Crippen LogP contribution >= 0.6 is 0 Å². The molecule has 0 heterocycles. The molecule has 14 heavy (non-hydrogen) atoms. The molecular weight excluding hydrogens is 196 g/mol. The Balaban J connectivity index is 0.000000364. The van der Waals surface area contributed by atoms with E-state index in [-0.39, 0.29) is 6.10 Å². The van der Waals surface area contributed by atoms with Gasteiger partial charge in [0.2, 0.25) is 0 Å². The van der Waals surface area contributed by atoms with Crippen LogP contribution in [0.5, 0.6) is 0 Å². The zero-order valence-electron chi connectivity index (χ0n) is 7.50. The molecule has 0 unspecified atom stereocenters. The van der Waals surface area contributed by atoms with Gasteiger partial charge in [0.15, 0.2) is 0 Å². The van der Waals surface area contributed by atoms with E-state index in [0.717, 1.165) is 25.7 Å². The summed E-state index contributed by atoms with van der Waals surface area (Å²) in [6, 6.07) is 0. The van der Waals surface area contributed by atoms with Crippen molar-refractivity contribution in [2.45, 2.75) is 38.2 Å². The van der Waals surface area contributed by atoms with Crippen molar-refractivity contribution in [1.82, 2.24) is 0 Å². The highest BCUT2D eigenvalue weighted by Crippen LogP contribution is 2.19. The summed E-state index contributed by atoms with van der Waals surface area (Å²) in [6.07, 6.45) is 4.90. The fourth-order valence-corrected chi connectivity index (χ4v) is 1.29. The van der Waals surface area contributed by atoms with Crippen LogP contribution in [0.4, 0.5) is 0 Å². The van der Waals surface area contributed by atoms with Crippen LogP contribution in [0.3, 0.4) is 0 Å². The van der Waals surface area contributed by atoms with Crippen molar-refractivity contribution in [1.29, 1.82) is 0 Å². The molecule has 1 fully saturated rings. The number of hydrogen-bond donors (Lipinski definition) is 1. The van der Waals surface area contributed by atoms with Crippen molar-refractivity contribution in [3.63, 3.8) is 0 Å². The second-order valence-electron chi connectivity index (χ2n) is 2.83. The average molecular weight is 208 g/mol. The minimum absolute atomic E-state index is 0.122. The molecule has 0 aromatic heterocycles. The Morgan fingerprint density at radius 2 is 1.57 bits per heavy atom. The third-order valence-electron chi connectivity index (χ3n) is 1.79. The van der Waals surface area contributed by atoms with Gasteiger partial charge in [-0.25, -0.2) is 0 Å². The lowest BCUT2D eigenvalue weighted by Gasteiger charge is -2.18. The Kier molecular flexibility index (Phi) is 6.08. The molecule has 8 nitrogen and oxygen atoms in total. The highest BCUT2D eigenvalue weighted by Gasteiger charge is 2.16. The van der Waals surface area contributed by atoms with E-state index >= 15 is 0 Å². The summed E-state index contributed by atoms with van der Waals surface area (Å²) in [7, 11) is 0. The van der Waals surface area contributed by atoms with Crippen molar-refractivity contribution in [3.05, 3.63) is 20.2 Å². The minimum Gasteiger partial charge on any atom is -0.328 e. The van der Waals surface area contributed by atoms with Crippen LogP contribution in [0.25, 0.3) is 0 Å². The van der Waals surface area contributed by atoms with Gasteiger partial charge in [-0.15, -0.1) is 20.2 Å². The summed E-state index contributed by atoms with van der Waals surface area (Å²) in [5.41, 5.74) is 0. The van der Waals surface area contributed by atoms with Gasteiger partial charge in [0.1, 0.15) is 6.10 Å². The van der Waals surface area contributed by atoms with E-state index in [1.54, 1.807) is 0 Å². The Morgan fingerprint density at radius 1 is 1.14 bits per heavy atom. The van der Waals surface area contributed by atoms with Crippen molar-refractivity contribution in [2.75, 3.05) is 0 Å². The highest BCUT2D eigenvalue weighted by atomic mass is 17.0. The fourth-order valence-electron chi connectivity index (χ4n) is 1.29. The van der Waals surface area contributed by atoms with Crippen molar-refractivity contribution >= 4 is 0 Å². The van der Waals surface area contributed by atoms with Crippen LogP contribution in [0, 0.1) is 20.2 Å². The highest BCUT2D eigenvalue weighted by molar-refractivity contribution is 4.63. The lowest BCUT2D eigenvalue weighted by atomic mass is 9.98. The Hall–Kier alpha value is -1.60. The maximum atomic E-state index is 9.85. The maximum Gasteiger partial charge on any atom is 0.294 e. The van der Waals surface area contributed by atoms with Crippen LogP contribution in [-0.4, -0.2) is 21.5 Å². The van der Waals surface area contributed by atoms with E-state index < -0.39 is 10.2 Å². The topological polar surface area (TPSA) is 116 Å². The second kappa shape index (κ2) is 6.87. The van der Waals surface area contributed by atoms with Crippen LogP contribution in [0.2, 0.25) is 0 Å². The minimum atomic E-state index is -1.50. The lowest BCUT2D eigenvalue weighted by molar-refractivity contribution is -0.769. The molecular formula is C6H12N2O6. The zero-order chi connectivity index (χ0) is 11.0. The molecule has 0 spiro atoms. The molecule has 0 bridgehead atoms. The maximum absolute atomic E-state index is 9.85. The first-order valence-electron chi connectivity index (χ1n) is 4.17. The van der Waals surface area contributed by atoms with E-state index in [0.29, 0.717) is 0 Å². The molecule has 0 aromatic carbocycles. The van der Waals surface area contributed by atoms with Gasteiger partial charge in [0, 0.05) is 0 Å². The van der Waals surface area contributed by atoms with Crippen LogP contribution in [-0.2, 0) is 4.84 Å². The number of nitrogens with zero attached hydrogens (tertiary/aromatic N) is 2. The van der Waals surface area contributed by atoms with Gasteiger partial charge in [0.05, 0.1) is 0 Å². The summed E-state index contributed by atoms with van der Waals surface area (Å²) in [6.45, 7) is 0. The van der Waals surface area contributed by atoms with Gasteiger partial charge in [-0.3, -0.25) is 0 Å². The summed E-state index contributed by atoms with van der Waals surface area (Å²) >= 11 is 0. The van der Waals surface area contributed by atoms with E-state index in [9.17, 15) is 10.1 Å². The summed E-state index contributed by atoms with van der Waals surface area (Å²) in [5.74, 6) is 0. The third-order valence-corrected chi connectivity index (χ3v) is 1.79. The van der Waals surface area contributed by atoms with Crippen LogP contribution in [0.15, 0.2) is 0 Å². The molecule has 1 aliphatic rings. The quantitative estimate of drug-likeness (QED) is 0.538. The molecule has 1 saturated carbocycles.